The minimum absolute atomic E-state index is 0.0355. The highest BCUT2D eigenvalue weighted by Crippen LogP contribution is 2.40. The lowest BCUT2D eigenvalue weighted by atomic mass is 10.1. The van der Waals surface area contributed by atoms with Crippen molar-refractivity contribution in [3.63, 3.8) is 0 Å². The molecule has 0 aliphatic heterocycles. The molecular weight excluding hydrogens is 503 g/mol. The number of phenolic OH excluding ortho intramolecular Hbond substituents is 1. The minimum atomic E-state index is -4.45. The lowest BCUT2D eigenvalue weighted by Crippen LogP contribution is -2.10. The smallest absolute Gasteiger partial charge is 0.416 e. The molecule has 7 nitrogen and oxygen atoms in total. The van der Waals surface area contributed by atoms with Gasteiger partial charge in [0.15, 0.2) is 23.0 Å². The van der Waals surface area contributed by atoms with Gasteiger partial charge in [0.25, 0.3) is 0 Å². The van der Waals surface area contributed by atoms with Gasteiger partial charge in [0.1, 0.15) is 0 Å². The van der Waals surface area contributed by atoms with E-state index in [1.54, 1.807) is 30.4 Å². The second kappa shape index (κ2) is 12.1. The predicted molar refractivity (Wildman–Crippen MR) is 139 cm³/mol. The van der Waals surface area contributed by atoms with Crippen molar-refractivity contribution in [2.24, 2.45) is 0 Å². The molecule has 10 heteroatoms. The van der Waals surface area contributed by atoms with E-state index in [0.29, 0.717) is 33.9 Å². The summed E-state index contributed by atoms with van der Waals surface area (Å²) < 4.78 is 59.7. The number of nitrogens with one attached hydrogen (secondary N) is 1. The molecule has 0 aliphatic rings. The number of rotatable bonds is 9. The van der Waals surface area contributed by atoms with Gasteiger partial charge in [-0.25, -0.2) is 0 Å². The third-order valence-electron chi connectivity index (χ3n) is 5.43. The van der Waals surface area contributed by atoms with Gasteiger partial charge in [-0.05, 0) is 53.6 Å². The van der Waals surface area contributed by atoms with Gasteiger partial charge < -0.3 is 29.4 Å². The highest BCUT2D eigenvalue weighted by molar-refractivity contribution is 6.04. The van der Waals surface area contributed by atoms with Crippen molar-refractivity contribution < 1.29 is 42.0 Å². The van der Waals surface area contributed by atoms with Crippen molar-refractivity contribution in [2.45, 2.75) is 6.18 Å². The molecular formula is C28H26F3NO6. The van der Waals surface area contributed by atoms with Crippen LogP contribution in [0, 0.1) is 0 Å². The molecule has 200 valence electrons. The van der Waals surface area contributed by atoms with Gasteiger partial charge in [0, 0.05) is 11.6 Å². The number of alkyl halides is 3. The molecule has 38 heavy (non-hydrogen) atoms. The Kier molecular flexibility index (Phi) is 8.90. The molecule has 3 rings (SSSR count). The molecule has 3 aromatic rings. The van der Waals surface area contributed by atoms with Crippen LogP contribution in [0.1, 0.15) is 22.3 Å². The molecule has 0 spiro atoms. The number of carbonyl (C=O) groups excluding carboxylic acids is 1. The van der Waals surface area contributed by atoms with Crippen LogP contribution in [0.3, 0.4) is 0 Å². The molecule has 2 N–H and O–H groups in total. The molecule has 1 amide bonds. The summed E-state index contributed by atoms with van der Waals surface area (Å²) in [6.45, 7) is 0. The molecule has 0 aliphatic carbocycles. The summed E-state index contributed by atoms with van der Waals surface area (Å²) in [5, 5.41) is 12.9. The van der Waals surface area contributed by atoms with Gasteiger partial charge in [-0.15, -0.1) is 0 Å². The summed E-state index contributed by atoms with van der Waals surface area (Å²) in [7, 11) is 5.85. The number of hydrogen-bond acceptors (Lipinski definition) is 6. The predicted octanol–water partition coefficient (Wildman–Crippen LogP) is 6.27. The SMILES string of the molecule is COc1cc(/C=C/c2ccc(O)c(OC)c2NC(=O)/C=C/c2ccc(C(F)(F)F)cc2)cc(OC)c1OC. The van der Waals surface area contributed by atoms with Crippen LogP contribution in [-0.2, 0) is 11.0 Å². The molecule has 0 unspecified atom stereocenters. The first-order valence-electron chi connectivity index (χ1n) is 11.2. The van der Waals surface area contributed by atoms with E-state index in [1.807, 2.05) is 0 Å². The number of amides is 1. The van der Waals surface area contributed by atoms with Crippen LogP contribution >= 0.6 is 0 Å². The Morgan fingerprint density at radius 1 is 0.789 bits per heavy atom. The number of hydrogen-bond donors (Lipinski definition) is 2. The number of phenols is 1. The summed E-state index contributed by atoms with van der Waals surface area (Å²) >= 11 is 0. The maximum atomic E-state index is 12.8. The summed E-state index contributed by atoms with van der Waals surface area (Å²) in [5.41, 5.74) is 1.01. The van der Waals surface area contributed by atoms with E-state index in [4.69, 9.17) is 18.9 Å². The maximum Gasteiger partial charge on any atom is 0.416 e. The van der Waals surface area contributed by atoms with Crippen LogP contribution in [0.4, 0.5) is 18.9 Å². The Hall–Kier alpha value is -4.60. The van der Waals surface area contributed by atoms with E-state index in [-0.39, 0.29) is 17.2 Å². The zero-order chi connectivity index (χ0) is 27.9. The average molecular weight is 530 g/mol. The summed E-state index contributed by atoms with van der Waals surface area (Å²) in [4.78, 5) is 12.7. The molecule has 3 aromatic carbocycles. The van der Waals surface area contributed by atoms with Crippen LogP contribution in [-0.4, -0.2) is 39.5 Å². The number of aromatic hydroxyl groups is 1. The highest BCUT2D eigenvalue weighted by atomic mass is 19.4. The second-order valence-corrected chi connectivity index (χ2v) is 7.82. The number of methoxy groups -OCH3 is 4. The fraction of sp³-hybridized carbons (Fsp3) is 0.179. The maximum absolute atomic E-state index is 12.8. The normalized spacial score (nSPS) is 11.6. The van der Waals surface area contributed by atoms with E-state index in [2.05, 4.69) is 5.32 Å². The first kappa shape index (κ1) is 28.0. The Bertz CT molecular complexity index is 1320. The lowest BCUT2D eigenvalue weighted by Gasteiger charge is -2.14. The molecule has 0 fully saturated rings. The monoisotopic (exact) mass is 529 g/mol. The molecule has 0 heterocycles. The van der Waals surface area contributed by atoms with Crippen LogP contribution < -0.4 is 24.3 Å². The fourth-order valence-corrected chi connectivity index (χ4v) is 3.56. The summed E-state index contributed by atoms with van der Waals surface area (Å²) in [6.07, 6.45) is 1.52. The van der Waals surface area contributed by atoms with Gasteiger partial charge in [-0.1, -0.05) is 24.3 Å². The Labute approximate surface area is 217 Å². The zero-order valence-electron chi connectivity index (χ0n) is 21.1. The quantitative estimate of drug-likeness (QED) is 0.251. The van der Waals surface area contributed by atoms with E-state index >= 15 is 0 Å². The van der Waals surface area contributed by atoms with Crippen molar-refractivity contribution in [1.29, 1.82) is 0 Å². The van der Waals surface area contributed by atoms with Crippen LogP contribution in [0.15, 0.2) is 54.6 Å². The largest absolute Gasteiger partial charge is 0.504 e. The van der Waals surface area contributed by atoms with E-state index in [1.165, 1.54) is 58.8 Å². The molecule has 0 saturated carbocycles. The van der Waals surface area contributed by atoms with Crippen molar-refractivity contribution in [3.05, 3.63) is 76.9 Å². The summed E-state index contributed by atoms with van der Waals surface area (Å²) in [5.74, 6) is 0.601. The van der Waals surface area contributed by atoms with Gasteiger partial charge in [-0.3, -0.25) is 4.79 Å². The van der Waals surface area contributed by atoms with E-state index in [0.717, 1.165) is 12.1 Å². The molecule has 0 bridgehead atoms. The van der Waals surface area contributed by atoms with Crippen molar-refractivity contribution in [1.82, 2.24) is 0 Å². The van der Waals surface area contributed by atoms with Crippen molar-refractivity contribution in [2.75, 3.05) is 33.8 Å². The molecule has 0 atom stereocenters. The van der Waals surface area contributed by atoms with Crippen molar-refractivity contribution in [3.8, 4) is 28.7 Å². The van der Waals surface area contributed by atoms with Gasteiger partial charge in [0.2, 0.25) is 11.7 Å². The Morgan fingerprint density at radius 3 is 1.92 bits per heavy atom. The third kappa shape index (κ3) is 6.58. The highest BCUT2D eigenvalue weighted by Gasteiger charge is 2.29. The number of anilines is 1. The fourth-order valence-electron chi connectivity index (χ4n) is 3.56. The van der Waals surface area contributed by atoms with Gasteiger partial charge >= 0.3 is 6.18 Å². The number of halogens is 3. The topological polar surface area (TPSA) is 86.2 Å². The second-order valence-electron chi connectivity index (χ2n) is 7.82. The Balaban J connectivity index is 1.89. The lowest BCUT2D eigenvalue weighted by molar-refractivity contribution is -0.137. The number of benzene rings is 3. The first-order chi connectivity index (χ1) is 18.1. The van der Waals surface area contributed by atoms with E-state index in [9.17, 15) is 23.1 Å². The Morgan fingerprint density at radius 2 is 1.39 bits per heavy atom. The van der Waals surface area contributed by atoms with Gasteiger partial charge in [-0.2, -0.15) is 13.2 Å². The molecule has 0 aromatic heterocycles. The molecule has 0 saturated heterocycles. The average Bonchev–Trinajstić information content (AvgIpc) is 2.90. The molecule has 0 radical (unpaired) electrons. The third-order valence-corrected chi connectivity index (χ3v) is 5.43. The van der Waals surface area contributed by atoms with Crippen molar-refractivity contribution >= 4 is 29.8 Å². The van der Waals surface area contributed by atoms with E-state index < -0.39 is 17.6 Å². The van der Waals surface area contributed by atoms with Crippen LogP contribution in [0.5, 0.6) is 28.7 Å². The number of ether oxygens (including phenoxy) is 4. The van der Waals surface area contributed by atoms with Crippen LogP contribution in [0.2, 0.25) is 0 Å². The minimum Gasteiger partial charge on any atom is -0.504 e. The standard InChI is InChI=1S/C28H26F3NO6/c1-35-22-15-18(16-23(36-2)27(22)38-4)5-9-19-10-13-21(33)26(37-3)25(19)32-24(34)14-8-17-6-11-20(12-7-17)28(29,30)31/h5-16,33H,1-4H3,(H,32,34)/b9-5+,14-8+. The van der Waals surface area contributed by atoms with Crippen LogP contribution in [0.25, 0.3) is 18.2 Å². The zero-order valence-corrected chi connectivity index (χ0v) is 21.1. The van der Waals surface area contributed by atoms with Gasteiger partial charge in [0.05, 0.1) is 39.7 Å². The first-order valence-corrected chi connectivity index (χ1v) is 11.2. The summed E-state index contributed by atoms with van der Waals surface area (Å²) in [6, 6.07) is 10.9. The number of carbonyl (C=O) groups is 1.